The van der Waals surface area contributed by atoms with Gasteiger partial charge in [-0.15, -0.1) is 0 Å². The van der Waals surface area contributed by atoms with Gasteiger partial charge in [-0.25, -0.2) is 9.97 Å². The molecule has 1 aliphatic heterocycles. The van der Waals surface area contributed by atoms with Gasteiger partial charge >= 0.3 is 0 Å². The van der Waals surface area contributed by atoms with Crippen molar-refractivity contribution in [1.82, 2.24) is 19.9 Å². The van der Waals surface area contributed by atoms with Gasteiger partial charge in [-0.3, -0.25) is 9.78 Å². The lowest BCUT2D eigenvalue weighted by Gasteiger charge is -2.15. The van der Waals surface area contributed by atoms with E-state index in [-0.39, 0.29) is 11.5 Å². The first-order valence-corrected chi connectivity index (χ1v) is 8.86. The molecule has 11 nitrogen and oxygen atoms in total. The van der Waals surface area contributed by atoms with Crippen LogP contribution in [0.2, 0.25) is 0 Å². The summed E-state index contributed by atoms with van der Waals surface area (Å²) in [6.07, 6.45) is -2.97. The molecule has 4 atom stereocenters. The number of benzene rings is 1. The summed E-state index contributed by atoms with van der Waals surface area (Å²) >= 11 is 0. The highest BCUT2D eigenvalue weighted by molar-refractivity contribution is 5.98. The zero-order valence-electron chi connectivity index (χ0n) is 15.4. The second-order valence-corrected chi connectivity index (χ2v) is 6.73. The normalized spacial score (nSPS) is 25.0. The van der Waals surface area contributed by atoms with Crippen molar-refractivity contribution in [1.29, 1.82) is 0 Å². The minimum atomic E-state index is -1.12. The van der Waals surface area contributed by atoms with Crippen molar-refractivity contribution in [3.05, 3.63) is 22.0 Å². The van der Waals surface area contributed by atoms with Gasteiger partial charge in [0.25, 0.3) is 5.56 Å². The topological polar surface area (TPSA) is 171 Å². The number of nitrogens with zero attached hydrogens (tertiary/aromatic N) is 2. The minimum Gasteiger partial charge on any atom is -0.387 e. The summed E-state index contributed by atoms with van der Waals surface area (Å²) in [6, 6.07) is 1.68. The number of imidazole rings is 1. The molecule has 1 aromatic carbocycles. The first-order chi connectivity index (χ1) is 13.4. The van der Waals surface area contributed by atoms with Crippen LogP contribution in [0.3, 0.4) is 0 Å². The molecule has 3 heterocycles. The number of aromatic amines is 2. The number of aryl methyl sites for hydroxylation is 1. The molecular weight excluding hydrogens is 368 g/mol. The number of nitrogen functional groups attached to an aromatic ring is 1. The van der Waals surface area contributed by atoms with E-state index in [1.165, 1.54) is 7.11 Å². The number of H-pyrrole nitrogens is 2. The van der Waals surface area contributed by atoms with Gasteiger partial charge < -0.3 is 35.7 Å². The maximum absolute atomic E-state index is 12.4. The summed E-state index contributed by atoms with van der Waals surface area (Å²) in [5.41, 5.74) is 7.86. The minimum absolute atomic E-state index is 0.00879. The Morgan fingerprint density at radius 2 is 2.07 bits per heavy atom. The molecule has 7 N–H and O–H groups in total. The number of aromatic nitrogens is 4. The van der Waals surface area contributed by atoms with E-state index in [2.05, 4.69) is 25.3 Å². The molecule has 28 heavy (non-hydrogen) atoms. The summed E-state index contributed by atoms with van der Waals surface area (Å²) < 4.78 is 10.6. The van der Waals surface area contributed by atoms with Crippen molar-refractivity contribution in [3.63, 3.8) is 0 Å². The third kappa shape index (κ3) is 2.98. The van der Waals surface area contributed by atoms with E-state index in [0.717, 1.165) is 0 Å². The first kappa shape index (κ1) is 18.6. The SMILES string of the molecule is CNc1nc2c(CC[C@H]3O[C@@H](OC)[C@H](O)[C@@H]3O)c3nc(N)[nH]c(=O)c3cc2[nH]1. The van der Waals surface area contributed by atoms with Crippen LogP contribution in [0.1, 0.15) is 12.0 Å². The fraction of sp³-hybridized carbons (Fsp3) is 0.471. The largest absolute Gasteiger partial charge is 0.387 e. The molecule has 0 aliphatic carbocycles. The highest BCUT2D eigenvalue weighted by atomic mass is 16.7. The van der Waals surface area contributed by atoms with Crippen LogP contribution in [-0.4, -0.2) is 68.9 Å². The summed E-state index contributed by atoms with van der Waals surface area (Å²) in [5.74, 6) is 0.553. The fourth-order valence-electron chi connectivity index (χ4n) is 3.63. The fourth-order valence-corrected chi connectivity index (χ4v) is 3.63. The van der Waals surface area contributed by atoms with Crippen molar-refractivity contribution in [3.8, 4) is 0 Å². The van der Waals surface area contributed by atoms with Crippen molar-refractivity contribution < 1.29 is 19.7 Å². The van der Waals surface area contributed by atoms with Crippen LogP contribution in [0.25, 0.3) is 21.9 Å². The smallest absolute Gasteiger partial charge is 0.260 e. The summed E-state index contributed by atoms with van der Waals surface area (Å²) in [4.78, 5) is 26.8. The zero-order chi connectivity index (χ0) is 20.0. The van der Waals surface area contributed by atoms with Gasteiger partial charge in [0, 0.05) is 19.7 Å². The van der Waals surface area contributed by atoms with Crippen LogP contribution in [0.4, 0.5) is 11.9 Å². The Labute approximate surface area is 158 Å². The molecule has 4 rings (SSSR count). The van der Waals surface area contributed by atoms with Gasteiger partial charge in [0.15, 0.2) is 6.29 Å². The molecule has 1 saturated heterocycles. The number of rotatable bonds is 5. The van der Waals surface area contributed by atoms with E-state index >= 15 is 0 Å². The van der Waals surface area contributed by atoms with Crippen LogP contribution in [0, 0.1) is 0 Å². The van der Waals surface area contributed by atoms with Crippen LogP contribution >= 0.6 is 0 Å². The summed E-state index contributed by atoms with van der Waals surface area (Å²) in [5, 5.41) is 23.5. The average molecular weight is 390 g/mol. The first-order valence-electron chi connectivity index (χ1n) is 8.86. The lowest BCUT2D eigenvalue weighted by Crippen LogP contribution is -2.33. The number of nitrogens with two attached hydrogens (primary N) is 1. The molecule has 1 fully saturated rings. The second-order valence-electron chi connectivity index (χ2n) is 6.73. The van der Waals surface area contributed by atoms with Crippen molar-refractivity contribution >= 4 is 33.8 Å². The Bertz CT molecular complexity index is 1080. The van der Waals surface area contributed by atoms with Crippen LogP contribution < -0.4 is 16.6 Å². The Kier molecular flexibility index (Phi) is 4.67. The van der Waals surface area contributed by atoms with Crippen molar-refractivity contribution in [2.75, 3.05) is 25.2 Å². The molecule has 1 aliphatic rings. The molecule has 2 aromatic heterocycles. The molecule has 0 bridgehead atoms. The number of nitrogens with one attached hydrogen (secondary N) is 3. The maximum Gasteiger partial charge on any atom is 0.260 e. The highest BCUT2D eigenvalue weighted by Gasteiger charge is 2.42. The standard InChI is InChI=1S/C17H22N6O5/c1-19-17-20-8-5-7-10(21-16(18)23-14(7)26)6(11(8)22-17)3-4-9-12(24)13(25)15(27-2)28-9/h5,9,12-13,15,24-25H,3-4H2,1-2H3,(H2,19,20,22)(H3,18,21,23,26)/t9-,12-,13-,15-/m1/s1. The number of aliphatic hydroxyl groups excluding tert-OH is 2. The molecule has 0 unspecified atom stereocenters. The third-order valence-electron chi connectivity index (χ3n) is 5.03. The molecule has 0 saturated carbocycles. The zero-order valence-corrected chi connectivity index (χ0v) is 15.4. The number of hydrogen-bond donors (Lipinski definition) is 6. The number of anilines is 2. The molecule has 11 heteroatoms. The predicted molar refractivity (Wildman–Crippen MR) is 102 cm³/mol. The maximum atomic E-state index is 12.4. The number of fused-ring (bicyclic) bond motifs is 2. The van der Waals surface area contributed by atoms with Gasteiger partial charge in [-0.2, -0.15) is 0 Å². The summed E-state index contributed by atoms with van der Waals surface area (Å²) in [7, 11) is 3.13. The predicted octanol–water partition coefficient (Wildman–Crippen LogP) is -0.551. The Morgan fingerprint density at radius 1 is 1.29 bits per heavy atom. The molecule has 0 radical (unpaired) electrons. The van der Waals surface area contributed by atoms with E-state index in [9.17, 15) is 15.0 Å². The second kappa shape index (κ2) is 7.02. The van der Waals surface area contributed by atoms with E-state index in [4.69, 9.17) is 15.2 Å². The van der Waals surface area contributed by atoms with Crippen LogP contribution in [0.15, 0.2) is 10.9 Å². The highest BCUT2D eigenvalue weighted by Crippen LogP contribution is 2.30. The monoisotopic (exact) mass is 390 g/mol. The molecule has 150 valence electrons. The van der Waals surface area contributed by atoms with E-state index in [0.29, 0.717) is 46.3 Å². The molecule has 0 amide bonds. The van der Waals surface area contributed by atoms with E-state index in [1.807, 2.05) is 0 Å². The quantitative estimate of drug-likeness (QED) is 0.334. The van der Waals surface area contributed by atoms with Crippen LogP contribution in [-0.2, 0) is 15.9 Å². The van der Waals surface area contributed by atoms with Gasteiger partial charge in [0.1, 0.15) is 12.2 Å². The lowest BCUT2D eigenvalue weighted by molar-refractivity contribution is -0.149. The van der Waals surface area contributed by atoms with Gasteiger partial charge in [0.05, 0.1) is 28.0 Å². The Balaban J connectivity index is 1.77. The number of hydrogen-bond acceptors (Lipinski definition) is 9. The lowest BCUT2D eigenvalue weighted by atomic mass is 9.99. The number of aliphatic hydroxyl groups is 2. The van der Waals surface area contributed by atoms with Crippen molar-refractivity contribution in [2.24, 2.45) is 0 Å². The van der Waals surface area contributed by atoms with E-state index in [1.54, 1.807) is 13.1 Å². The van der Waals surface area contributed by atoms with Crippen LogP contribution in [0.5, 0.6) is 0 Å². The summed E-state index contributed by atoms with van der Waals surface area (Å²) in [6.45, 7) is 0. The van der Waals surface area contributed by atoms with Gasteiger partial charge in [-0.05, 0) is 18.9 Å². The Morgan fingerprint density at radius 3 is 2.75 bits per heavy atom. The van der Waals surface area contributed by atoms with Gasteiger partial charge in [0.2, 0.25) is 11.9 Å². The number of methoxy groups -OCH3 is 1. The molecule has 0 spiro atoms. The van der Waals surface area contributed by atoms with Gasteiger partial charge in [-0.1, -0.05) is 0 Å². The Hall–Kier alpha value is -2.73. The average Bonchev–Trinajstić information content (AvgIpc) is 3.21. The third-order valence-corrected chi connectivity index (χ3v) is 5.03. The van der Waals surface area contributed by atoms with E-state index < -0.39 is 24.6 Å². The van der Waals surface area contributed by atoms with Crippen molar-refractivity contribution in [2.45, 2.75) is 37.4 Å². The number of ether oxygens (including phenoxy) is 2. The molecular formula is C17H22N6O5. The molecule has 3 aromatic rings.